The Labute approximate surface area is 569 Å². The summed E-state index contributed by atoms with van der Waals surface area (Å²) in [5, 5.41) is 14.0. The Hall–Kier alpha value is -1.28. The van der Waals surface area contributed by atoms with Crippen molar-refractivity contribution >= 4 is 13.7 Å². The molecule has 0 saturated heterocycles. The molecule has 0 heterocycles. The van der Waals surface area contributed by atoms with Gasteiger partial charge in [0.2, 0.25) is 5.91 Å². The van der Waals surface area contributed by atoms with Crippen LogP contribution in [-0.2, 0) is 18.4 Å². The number of amides is 1. The molecule has 0 saturated carbocycles. The summed E-state index contributed by atoms with van der Waals surface area (Å²) in [6, 6.07) is -0.886. The number of phosphoric ester groups is 1. The third-order valence-corrected chi connectivity index (χ3v) is 20.1. The maximum Gasteiger partial charge on any atom is 0.268 e. The lowest BCUT2D eigenvalue weighted by Crippen LogP contribution is -2.45. The molecule has 0 spiro atoms. The third kappa shape index (κ3) is 76.0. The first kappa shape index (κ1) is 89.7. The van der Waals surface area contributed by atoms with Crippen molar-refractivity contribution < 1.29 is 32.9 Å². The van der Waals surface area contributed by atoms with Crippen molar-refractivity contribution in [2.75, 3.05) is 40.9 Å². The van der Waals surface area contributed by atoms with Gasteiger partial charge in [0.15, 0.2) is 0 Å². The van der Waals surface area contributed by atoms with Gasteiger partial charge in [0.1, 0.15) is 13.2 Å². The average molecular weight is 1300 g/mol. The fourth-order valence-electron chi connectivity index (χ4n) is 12.8. The highest BCUT2D eigenvalue weighted by molar-refractivity contribution is 7.45. The number of carbonyl (C=O) groups excluding carboxylic acids is 1. The van der Waals surface area contributed by atoms with Gasteiger partial charge >= 0.3 is 0 Å². The highest BCUT2D eigenvalue weighted by Gasteiger charge is 2.23. The van der Waals surface area contributed by atoms with Gasteiger partial charge in [-0.25, -0.2) is 0 Å². The number of hydrogen-bond donors (Lipinski definition) is 2. The largest absolute Gasteiger partial charge is 0.756 e. The van der Waals surface area contributed by atoms with Gasteiger partial charge in [0.05, 0.1) is 39.9 Å². The van der Waals surface area contributed by atoms with E-state index in [2.05, 4.69) is 43.5 Å². The summed E-state index contributed by atoms with van der Waals surface area (Å²) in [6.45, 7) is 4.71. The van der Waals surface area contributed by atoms with Gasteiger partial charge in [0, 0.05) is 6.42 Å². The quantitative estimate of drug-likeness (QED) is 0.0272. The van der Waals surface area contributed by atoms with E-state index in [-0.39, 0.29) is 19.1 Å². The summed E-state index contributed by atoms with van der Waals surface area (Å²) in [5.74, 6) is -0.187. The molecule has 0 rings (SSSR count). The van der Waals surface area contributed by atoms with Crippen molar-refractivity contribution in [2.45, 2.75) is 443 Å². The number of quaternary nitrogens is 1. The second-order valence-corrected chi connectivity index (χ2v) is 30.9. The Morgan fingerprint density at radius 1 is 0.385 bits per heavy atom. The predicted molar refractivity (Wildman–Crippen MR) is 399 cm³/mol. The maximum absolute atomic E-state index is 13.1. The lowest BCUT2D eigenvalue weighted by Gasteiger charge is -2.29. The zero-order valence-electron chi connectivity index (χ0n) is 62.1. The van der Waals surface area contributed by atoms with Crippen LogP contribution in [0.3, 0.4) is 0 Å². The molecule has 0 bridgehead atoms. The van der Waals surface area contributed by atoms with E-state index in [0.29, 0.717) is 17.4 Å². The van der Waals surface area contributed by atoms with E-state index in [1.54, 1.807) is 6.08 Å². The Morgan fingerprint density at radius 3 is 0.912 bits per heavy atom. The van der Waals surface area contributed by atoms with Gasteiger partial charge in [-0.3, -0.25) is 9.36 Å². The van der Waals surface area contributed by atoms with E-state index in [0.717, 1.165) is 44.9 Å². The number of unbranched alkanes of at least 4 members (excludes halogenated alkanes) is 60. The minimum Gasteiger partial charge on any atom is -0.756 e. The lowest BCUT2D eigenvalue weighted by atomic mass is 10.0. The highest BCUT2D eigenvalue weighted by atomic mass is 31.2. The first-order chi connectivity index (χ1) is 44.5. The number of nitrogens with one attached hydrogen (secondary N) is 1. The van der Waals surface area contributed by atoms with Crippen LogP contribution < -0.4 is 10.2 Å². The summed E-state index contributed by atoms with van der Waals surface area (Å²) in [7, 11) is 1.28. The molecule has 0 aromatic carbocycles. The zero-order valence-corrected chi connectivity index (χ0v) is 63.0. The van der Waals surface area contributed by atoms with E-state index in [4.69, 9.17) is 9.05 Å². The summed E-state index contributed by atoms with van der Waals surface area (Å²) in [5.41, 5.74) is 0. The lowest BCUT2D eigenvalue weighted by molar-refractivity contribution is -0.870. The van der Waals surface area contributed by atoms with Crippen LogP contribution in [-0.4, -0.2) is 68.5 Å². The first-order valence-corrected chi connectivity index (χ1v) is 42.3. The number of phosphoric acid groups is 1. The SMILES string of the molecule is CCCCCCC/C=C\C/C=C\CCCCCCCCCCCCCCCCCCCCCCCCCCCCCCCC(=O)NC(COP(=O)([O-])OCC[N+](C)(C)C)C(O)/C=C/CCCCCCCCCCCCCCCCCCCCCCCCCCCC. The molecule has 0 aliphatic carbocycles. The second-order valence-electron chi connectivity index (χ2n) is 29.5. The van der Waals surface area contributed by atoms with Crippen LogP contribution >= 0.6 is 7.82 Å². The molecule has 540 valence electrons. The van der Waals surface area contributed by atoms with E-state index >= 15 is 0 Å². The number of likely N-dealkylation sites (N-methyl/N-ethyl adjacent to an activating group) is 1. The summed E-state index contributed by atoms with van der Waals surface area (Å²) < 4.78 is 23.5. The molecular weight excluding hydrogens is 1140 g/mol. The molecule has 3 atom stereocenters. The molecule has 91 heavy (non-hydrogen) atoms. The van der Waals surface area contributed by atoms with Crippen LogP contribution in [0.4, 0.5) is 0 Å². The summed E-state index contributed by atoms with van der Waals surface area (Å²) >= 11 is 0. The van der Waals surface area contributed by atoms with Gasteiger partial charge in [-0.05, 0) is 51.4 Å². The Kier molecular flexibility index (Phi) is 72.0. The normalized spacial score (nSPS) is 13.6. The molecule has 9 heteroatoms. The van der Waals surface area contributed by atoms with Gasteiger partial charge in [0.25, 0.3) is 7.82 Å². The zero-order chi connectivity index (χ0) is 66.2. The van der Waals surface area contributed by atoms with Gasteiger partial charge in [-0.2, -0.15) is 0 Å². The van der Waals surface area contributed by atoms with Crippen LogP contribution in [0, 0.1) is 0 Å². The topological polar surface area (TPSA) is 108 Å². The summed E-state index contributed by atoms with van der Waals surface area (Å²) in [6.07, 6.45) is 99.0. The molecule has 0 radical (unpaired) electrons. The average Bonchev–Trinajstić information content (AvgIpc) is 3.59. The number of allylic oxidation sites excluding steroid dienone is 5. The Morgan fingerprint density at radius 2 is 0.637 bits per heavy atom. The van der Waals surface area contributed by atoms with Crippen molar-refractivity contribution in [3.8, 4) is 0 Å². The van der Waals surface area contributed by atoms with Crippen molar-refractivity contribution in [1.82, 2.24) is 5.32 Å². The fourth-order valence-corrected chi connectivity index (χ4v) is 13.5. The number of aliphatic hydroxyl groups excluding tert-OH is 1. The summed E-state index contributed by atoms with van der Waals surface area (Å²) in [4.78, 5) is 25.7. The van der Waals surface area contributed by atoms with Crippen LogP contribution in [0.5, 0.6) is 0 Å². The van der Waals surface area contributed by atoms with E-state index in [1.807, 2.05) is 27.2 Å². The molecule has 1 amide bonds. The molecule has 0 fully saturated rings. The minimum atomic E-state index is -4.61. The minimum absolute atomic E-state index is 0.00203. The van der Waals surface area contributed by atoms with Crippen LogP contribution in [0.15, 0.2) is 36.5 Å². The smallest absolute Gasteiger partial charge is 0.268 e. The van der Waals surface area contributed by atoms with E-state index < -0.39 is 20.0 Å². The van der Waals surface area contributed by atoms with E-state index in [9.17, 15) is 19.4 Å². The van der Waals surface area contributed by atoms with Crippen LogP contribution in [0.2, 0.25) is 0 Å². The van der Waals surface area contributed by atoms with Crippen molar-refractivity contribution in [3.05, 3.63) is 36.5 Å². The molecule has 0 aliphatic heterocycles. The number of carbonyl (C=O) groups is 1. The van der Waals surface area contributed by atoms with Crippen molar-refractivity contribution in [3.63, 3.8) is 0 Å². The van der Waals surface area contributed by atoms with Gasteiger partial charge < -0.3 is 28.8 Å². The molecular formula is C82H161N2O6P. The number of aliphatic hydroxyl groups is 1. The van der Waals surface area contributed by atoms with Crippen LogP contribution in [0.25, 0.3) is 0 Å². The molecule has 8 nitrogen and oxygen atoms in total. The van der Waals surface area contributed by atoms with Gasteiger partial charge in [-0.15, -0.1) is 0 Å². The standard InChI is InChI=1S/C82H161N2O6P/c1-6-8-10-12-14-16-18-20-22-24-26-28-30-32-34-36-37-38-39-40-41-42-43-44-45-46-47-48-50-52-54-56-58-60-62-64-66-68-70-72-74-76-82(86)83-80(79-90-91(87,88)89-78-77-84(3,4)5)81(85)75-73-71-69-67-65-63-61-59-57-55-53-51-49-35-33-31-29-27-25-23-21-19-17-15-13-11-9-7-2/h18,20,24,26,73,75,80-81,85H,6-17,19,21-23,25,27-72,74,76-79H2,1-5H3,(H-,83,86,87,88)/b20-18-,26-24-,75-73+. The van der Waals surface area contributed by atoms with Gasteiger partial charge in [-0.1, -0.05) is 410 Å². The number of nitrogens with zero attached hydrogens (tertiary/aromatic N) is 1. The highest BCUT2D eigenvalue weighted by Crippen LogP contribution is 2.38. The second kappa shape index (κ2) is 73.0. The molecule has 0 aliphatic rings. The van der Waals surface area contributed by atoms with Crippen molar-refractivity contribution in [1.29, 1.82) is 0 Å². The molecule has 2 N–H and O–H groups in total. The number of hydrogen-bond acceptors (Lipinski definition) is 6. The fraction of sp³-hybridized carbons (Fsp3) is 0.915. The van der Waals surface area contributed by atoms with Crippen molar-refractivity contribution in [2.24, 2.45) is 0 Å². The number of rotatable bonds is 77. The Balaban J connectivity index is 3.89. The van der Waals surface area contributed by atoms with E-state index in [1.165, 1.54) is 366 Å². The molecule has 3 unspecified atom stereocenters. The first-order valence-electron chi connectivity index (χ1n) is 40.9. The maximum atomic E-state index is 13.1. The monoisotopic (exact) mass is 1300 g/mol. The van der Waals surface area contributed by atoms with Crippen LogP contribution in [0.1, 0.15) is 431 Å². The predicted octanol–water partition coefficient (Wildman–Crippen LogP) is 26.1. The third-order valence-electron chi connectivity index (χ3n) is 19.1. The Bertz CT molecular complexity index is 1580. The molecule has 0 aromatic rings. The molecule has 0 aromatic heterocycles.